The zero-order valence-corrected chi connectivity index (χ0v) is 8.66. The molecule has 0 aromatic heterocycles. The second kappa shape index (κ2) is 5.98. The number of aliphatic hydroxyl groups is 1. The number of esters is 1. The van der Waals surface area contributed by atoms with Crippen LogP contribution in [0.4, 0.5) is 0 Å². The average molecular weight is 201 g/mol. The molecule has 1 rings (SSSR count). The molecule has 1 aliphatic carbocycles. The van der Waals surface area contributed by atoms with Gasteiger partial charge in [-0.15, -0.1) is 0 Å². The molecule has 0 spiro atoms. The van der Waals surface area contributed by atoms with Crippen LogP contribution in [0.25, 0.3) is 0 Å². The molecule has 1 aliphatic rings. The van der Waals surface area contributed by atoms with E-state index in [4.69, 9.17) is 0 Å². The van der Waals surface area contributed by atoms with Crippen LogP contribution in [0.1, 0.15) is 32.1 Å². The summed E-state index contributed by atoms with van der Waals surface area (Å²) in [6.45, 7) is 0.592. The first kappa shape index (κ1) is 11.5. The van der Waals surface area contributed by atoms with Gasteiger partial charge in [0.05, 0.1) is 19.6 Å². The molecule has 0 aliphatic heterocycles. The normalized spacial score (nSPS) is 27.3. The Hall–Kier alpha value is -0.610. The summed E-state index contributed by atoms with van der Waals surface area (Å²) < 4.78 is 4.53. The molecule has 2 atom stereocenters. The van der Waals surface area contributed by atoms with Gasteiger partial charge < -0.3 is 15.2 Å². The fourth-order valence-corrected chi connectivity index (χ4v) is 1.81. The Kier molecular flexibility index (Phi) is 4.90. The molecule has 0 amide bonds. The number of hydrogen-bond acceptors (Lipinski definition) is 4. The molecule has 2 N–H and O–H groups in total. The summed E-state index contributed by atoms with van der Waals surface area (Å²) in [4.78, 5) is 10.8. The topological polar surface area (TPSA) is 58.6 Å². The zero-order valence-electron chi connectivity index (χ0n) is 8.66. The largest absolute Gasteiger partial charge is 0.469 e. The second-order valence-electron chi connectivity index (χ2n) is 3.74. The molecule has 0 bridgehead atoms. The van der Waals surface area contributed by atoms with Crippen molar-refractivity contribution in [1.82, 2.24) is 5.32 Å². The van der Waals surface area contributed by atoms with E-state index in [1.807, 2.05) is 0 Å². The van der Waals surface area contributed by atoms with Crippen LogP contribution in [0.3, 0.4) is 0 Å². The number of aliphatic hydroxyl groups excluding tert-OH is 1. The van der Waals surface area contributed by atoms with Gasteiger partial charge in [-0.3, -0.25) is 4.79 Å². The van der Waals surface area contributed by atoms with Gasteiger partial charge >= 0.3 is 5.97 Å². The van der Waals surface area contributed by atoms with E-state index in [0.29, 0.717) is 13.0 Å². The van der Waals surface area contributed by atoms with Crippen LogP contribution in [-0.4, -0.2) is 36.9 Å². The number of methoxy groups -OCH3 is 1. The van der Waals surface area contributed by atoms with E-state index < -0.39 is 0 Å². The lowest BCUT2D eigenvalue weighted by Crippen LogP contribution is -2.42. The van der Waals surface area contributed by atoms with E-state index >= 15 is 0 Å². The summed E-state index contributed by atoms with van der Waals surface area (Å²) in [6, 6.07) is 0.161. The van der Waals surface area contributed by atoms with E-state index in [1.165, 1.54) is 7.11 Å². The van der Waals surface area contributed by atoms with Gasteiger partial charge in [-0.05, 0) is 12.8 Å². The van der Waals surface area contributed by atoms with Crippen molar-refractivity contribution in [2.75, 3.05) is 13.7 Å². The van der Waals surface area contributed by atoms with Gasteiger partial charge in [-0.1, -0.05) is 12.8 Å². The first-order chi connectivity index (χ1) is 6.74. The molecule has 0 heterocycles. The Bertz CT molecular complexity index is 184. The third-order valence-corrected chi connectivity index (χ3v) is 2.69. The summed E-state index contributed by atoms with van der Waals surface area (Å²) in [5.74, 6) is -0.206. The standard InChI is InChI=1S/C10H19NO3/c1-14-10(13)6-7-11-8-4-2-3-5-9(8)12/h8-9,11-12H,2-7H2,1H3/t8-,9-/m0/s1. The minimum Gasteiger partial charge on any atom is -0.469 e. The Balaban J connectivity index is 2.13. The number of carbonyl (C=O) groups is 1. The van der Waals surface area contributed by atoms with Gasteiger partial charge in [0.2, 0.25) is 0 Å². The summed E-state index contributed by atoms with van der Waals surface area (Å²) in [5, 5.41) is 12.8. The van der Waals surface area contributed by atoms with Crippen molar-refractivity contribution in [3.05, 3.63) is 0 Å². The third kappa shape index (κ3) is 3.64. The maximum atomic E-state index is 10.8. The van der Waals surface area contributed by atoms with Crippen molar-refractivity contribution in [1.29, 1.82) is 0 Å². The van der Waals surface area contributed by atoms with Crippen molar-refractivity contribution < 1.29 is 14.6 Å². The Morgan fingerprint density at radius 3 is 2.86 bits per heavy atom. The minimum absolute atomic E-state index is 0.161. The molecule has 0 saturated heterocycles. The first-order valence-electron chi connectivity index (χ1n) is 5.22. The van der Waals surface area contributed by atoms with Gasteiger partial charge in [0.1, 0.15) is 0 Å². The molecule has 4 heteroatoms. The number of nitrogens with one attached hydrogen (secondary N) is 1. The van der Waals surface area contributed by atoms with Crippen LogP contribution in [0, 0.1) is 0 Å². The Morgan fingerprint density at radius 1 is 1.50 bits per heavy atom. The van der Waals surface area contributed by atoms with Crippen LogP contribution in [0.15, 0.2) is 0 Å². The molecule has 1 fully saturated rings. The van der Waals surface area contributed by atoms with Crippen molar-refractivity contribution in [2.24, 2.45) is 0 Å². The SMILES string of the molecule is COC(=O)CCN[C@H]1CCCC[C@@H]1O. The predicted molar refractivity (Wildman–Crippen MR) is 52.9 cm³/mol. The summed E-state index contributed by atoms with van der Waals surface area (Å²) in [7, 11) is 1.39. The first-order valence-corrected chi connectivity index (χ1v) is 5.22. The van der Waals surface area contributed by atoms with Crippen molar-refractivity contribution in [3.63, 3.8) is 0 Å². The summed E-state index contributed by atoms with van der Waals surface area (Å²) in [6.07, 6.45) is 4.27. The van der Waals surface area contributed by atoms with Crippen molar-refractivity contribution >= 4 is 5.97 Å². The molecule has 14 heavy (non-hydrogen) atoms. The van der Waals surface area contributed by atoms with Gasteiger partial charge in [-0.2, -0.15) is 0 Å². The lowest BCUT2D eigenvalue weighted by Gasteiger charge is -2.28. The number of carbonyl (C=O) groups excluding carboxylic acids is 1. The van der Waals surface area contributed by atoms with E-state index in [9.17, 15) is 9.90 Å². The minimum atomic E-state index is -0.249. The van der Waals surface area contributed by atoms with Gasteiger partial charge in [0.25, 0.3) is 0 Å². The monoisotopic (exact) mass is 201 g/mol. The lowest BCUT2D eigenvalue weighted by atomic mass is 9.92. The van der Waals surface area contributed by atoms with Crippen LogP contribution >= 0.6 is 0 Å². The smallest absolute Gasteiger partial charge is 0.306 e. The van der Waals surface area contributed by atoms with E-state index in [2.05, 4.69) is 10.1 Å². The molecule has 0 aromatic rings. The van der Waals surface area contributed by atoms with Crippen LogP contribution < -0.4 is 5.32 Å². The Labute approximate surface area is 84.6 Å². The van der Waals surface area contributed by atoms with Crippen LogP contribution in [0.5, 0.6) is 0 Å². The van der Waals surface area contributed by atoms with E-state index in [-0.39, 0.29) is 18.1 Å². The summed E-state index contributed by atoms with van der Waals surface area (Å²) >= 11 is 0. The quantitative estimate of drug-likeness (QED) is 0.648. The van der Waals surface area contributed by atoms with Gasteiger partial charge in [0.15, 0.2) is 0 Å². The maximum Gasteiger partial charge on any atom is 0.306 e. The average Bonchev–Trinajstić information content (AvgIpc) is 2.20. The van der Waals surface area contributed by atoms with Gasteiger partial charge in [0, 0.05) is 12.6 Å². The zero-order chi connectivity index (χ0) is 10.4. The molecule has 82 valence electrons. The molecule has 1 saturated carbocycles. The molecule has 0 unspecified atom stereocenters. The maximum absolute atomic E-state index is 10.8. The number of hydrogen-bond donors (Lipinski definition) is 2. The van der Waals surface area contributed by atoms with Crippen LogP contribution in [-0.2, 0) is 9.53 Å². The molecule has 4 nitrogen and oxygen atoms in total. The number of ether oxygens (including phenoxy) is 1. The van der Waals surface area contributed by atoms with Crippen molar-refractivity contribution in [2.45, 2.75) is 44.2 Å². The van der Waals surface area contributed by atoms with E-state index in [0.717, 1.165) is 25.7 Å². The molecule has 0 radical (unpaired) electrons. The molecular formula is C10H19NO3. The highest BCUT2D eigenvalue weighted by atomic mass is 16.5. The lowest BCUT2D eigenvalue weighted by molar-refractivity contribution is -0.140. The third-order valence-electron chi connectivity index (χ3n) is 2.69. The van der Waals surface area contributed by atoms with E-state index in [1.54, 1.807) is 0 Å². The highest BCUT2D eigenvalue weighted by Gasteiger charge is 2.22. The second-order valence-corrected chi connectivity index (χ2v) is 3.74. The van der Waals surface area contributed by atoms with Crippen LogP contribution in [0.2, 0.25) is 0 Å². The molecule has 0 aromatic carbocycles. The fourth-order valence-electron chi connectivity index (χ4n) is 1.81. The highest BCUT2D eigenvalue weighted by molar-refractivity contribution is 5.69. The number of rotatable bonds is 4. The fraction of sp³-hybridized carbons (Fsp3) is 0.900. The predicted octanol–water partition coefficient (Wildman–Crippen LogP) is 0.443. The Morgan fingerprint density at radius 2 is 2.21 bits per heavy atom. The van der Waals surface area contributed by atoms with Crippen molar-refractivity contribution in [3.8, 4) is 0 Å². The summed E-state index contributed by atoms with van der Waals surface area (Å²) in [5.41, 5.74) is 0. The van der Waals surface area contributed by atoms with Gasteiger partial charge in [-0.25, -0.2) is 0 Å². The highest BCUT2D eigenvalue weighted by Crippen LogP contribution is 2.18. The molecular weight excluding hydrogens is 182 g/mol.